The molecule has 0 N–H and O–H groups in total. The number of carbonyl (C=O) groups excluding carboxylic acids is 1. The highest BCUT2D eigenvalue weighted by Crippen LogP contribution is 2.25. The van der Waals surface area contributed by atoms with Crippen LogP contribution in [0.2, 0.25) is 0 Å². The van der Waals surface area contributed by atoms with Crippen LogP contribution in [-0.4, -0.2) is 37.8 Å². The first kappa shape index (κ1) is 24.2. The van der Waals surface area contributed by atoms with Gasteiger partial charge in [0.2, 0.25) is 0 Å². The first-order valence-corrected chi connectivity index (χ1v) is 11.8. The van der Waals surface area contributed by atoms with E-state index in [1.54, 1.807) is 32.2 Å². The second-order valence-corrected chi connectivity index (χ2v) is 8.51. The van der Waals surface area contributed by atoms with Gasteiger partial charge in [-0.15, -0.1) is 0 Å². The summed E-state index contributed by atoms with van der Waals surface area (Å²) in [5.41, 5.74) is 4.55. The summed E-state index contributed by atoms with van der Waals surface area (Å²) < 4.78 is 14.4. The molecule has 3 heterocycles. The van der Waals surface area contributed by atoms with E-state index in [1.807, 2.05) is 55.8 Å². The van der Waals surface area contributed by atoms with E-state index in [-0.39, 0.29) is 12.2 Å². The van der Waals surface area contributed by atoms with Crippen LogP contribution >= 0.6 is 0 Å². The Morgan fingerprint density at radius 1 is 1.09 bits per heavy atom. The van der Waals surface area contributed by atoms with E-state index in [4.69, 9.17) is 19.6 Å². The molecule has 0 fully saturated rings. The summed E-state index contributed by atoms with van der Waals surface area (Å²) in [6.07, 6.45) is 2.12. The van der Waals surface area contributed by atoms with Gasteiger partial charge in [-0.1, -0.05) is 25.5 Å². The van der Waals surface area contributed by atoms with E-state index >= 15 is 0 Å². The zero-order valence-corrected chi connectivity index (χ0v) is 20.7. The molecule has 0 aliphatic carbocycles. The molecule has 0 spiro atoms. The lowest BCUT2D eigenvalue weighted by Gasteiger charge is -2.18. The van der Waals surface area contributed by atoms with Gasteiger partial charge in [0.15, 0.2) is 17.5 Å². The summed E-state index contributed by atoms with van der Waals surface area (Å²) in [4.78, 5) is 30.7. The van der Waals surface area contributed by atoms with Crippen molar-refractivity contribution in [3.8, 4) is 22.7 Å². The molecular formula is C27H30N4O4. The Morgan fingerprint density at radius 2 is 1.89 bits per heavy atom. The minimum Gasteiger partial charge on any atom is -0.475 e. The first-order chi connectivity index (χ1) is 16.8. The van der Waals surface area contributed by atoms with Crippen molar-refractivity contribution in [1.29, 1.82) is 0 Å². The quantitative estimate of drug-likeness (QED) is 0.347. The third-order valence-electron chi connectivity index (χ3n) is 5.76. The molecule has 0 radical (unpaired) electrons. The monoisotopic (exact) mass is 474 g/mol. The van der Waals surface area contributed by atoms with Gasteiger partial charge in [-0.3, -0.25) is 9.20 Å². The summed E-state index contributed by atoms with van der Waals surface area (Å²) in [5.74, 6) is -0.0728. The summed E-state index contributed by atoms with van der Waals surface area (Å²) >= 11 is 0. The van der Waals surface area contributed by atoms with E-state index in [0.717, 1.165) is 23.4 Å². The van der Waals surface area contributed by atoms with Gasteiger partial charge < -0.3 is 9.47 Å². The average Bonchev–Trinajstić information content (AvgIpc) is 3.20. The lowest BCUT2D eigenvalue weighted by molar-refractivity contribution is -0.151. The molecule has 182 valence electrons. The Kier molecular flexibility index (Phi) is 7.00. The van der Waals surface area contributed by atoms with Gasteiger partial charge in [0.1, 0.15) is 5.69 Å². The third kappa shape index (κ3) is 4.82. The van der Waals surface area contributed by atoms with Crippen molar-refractivity contribution in [1.82, 2.24) is 19.2 Å². The van der Waals surface area contributed by atoms with E-state index in [1.165, 1.54) is 4.40 Å². The third-order valence-corrected chi connectivity index (χ3v) is 5.76. The Hall–Kier alpha value is -3.94. The van der Waals surface area contributed by atoms with Crippen LogP contribution < -0.4 is 10.3 Å². The fraction of sp³-hybridized carbons (Fsp3) is 0.333. The second-order valence-electron chi connectivity index (χ2n) is 8.51. The van der Waals surface area contributed by atoms with Gasteiger partial charge in [0.25, 0.3) is 5.56 Å². The summed E-state index contributed by atoms with van der Waals surface area (Å²) in [6.45, 7) is 9.76. The molecule has 0 saturated carbocycles. The fourth-order valence-corrected chi connectivity index (χ4v) is 4.12. The largest absolute Gasteiger partial charge is 0.475 e. The number of hydrogen-bond donors (Lipinski definition) is 0. The first-order valence-electron chi connectivity index (χ1n) is 11.8. The topological polar surface area (TPSA) is 87.7 Å². The zero-order chi connectivity index (χ0) is 25.1. The number of benzene rings is 1. The molecule has 8 nitrogen and oxygen atoms in total. The number of rotatable bonds is 8. The highest BCUT2D eigenvalue weighted by Gasteiger charge is 2.24. The van der Waals surface area contributed by atoms with Crippen LogP contribution in [0.5, 0.6) is 5.75 Å². The highest BCUT2D eigenvalue weighted by molar-refractivity contribution is 5.75. The van der Waals surface area contributed by atoms with Gasteiger partial charge in [-0.2, -0.15) is 5.10 Å². The smallest absolute Gasteiger partial charge is 0.347 e. The Morgan fingerprint density at radius 3 is 2.60 bits per heavy atom. The number of esters is 1. The molecule has 35 heavy (non-hydrogen) atoms. The zero-order valence-electron chi connectivity index (χ0n) is 20.7. The summed E-state index contributed by atoms with van der Waals surface area (Å²) in [5, 5.41) is 4.73. The molecule has 0 amide bonds. The number of hydrogen-bond acceptors (Lipinski definition) is 6. The lowest BCUT2D eigenvalue weighted by atomic mass is 10.1. The van der Waals surface area contributed by atoms with Crippen LogP contribution in [0.15, 0.2) is 53.5 Å². The standard InChI is InChI=1S/C27H30N4O4/c1-6-10-23(27(33)34-7-2)35-22-13-9-14-30-25(22)28-19(5)24(26(30)32)21-16-18(4)31(29-21)20-12-8-11-17(3)15-20/h8-9,11-16,23H,6-7,10H2,1-5H3/t23-/m0/s1. The van der Waals surface area contributed by atoms with Crippen molar-refractivity contribution in [2.24, 2.45) is 0 Å². The molecule has 0 unspecified atom stereocenters. The molecule has 4 aromatic rings. The normalized spacial score (nSPS) is 12.0. The SMILES string of the molecule is CCC[C@H](Oc1cccn2c(=O)c(-c3cc(C)n(-c4cccc(C)c4)n3)c(C)nc12)C(=O)OCC. The molecule has 0 aliphatic heterocycles. The maximum Gasteiger partial charge on any atom is 0.347 e. The highest BCUT2D eigenvalue weighted by atomic mass is 16.6. The van der Waals surface area contributed by atoms with Gasteiger partial charge in [0.05, 0.1) is 23.6 Å². The maximum absolute atomic E-state index is 13.6. The number of pyridine rings is 1. The number of ether oxygens (including phenoxy) is 2. The van der Waals surface area contributed by atoms with Crippen molar-refractivity contribution in [2.45, 2.75) is 53.6 Å². The number of fused-ring (bicyclic) bond motifs is 1. The van der Waals surface area contributed by atoms with Gasteiger partial charge in [-0.25, -0.2) is 14.5 Å². The summed E-state index contributed by atoms with van der Waals surface area (Å²) in [7, 11) is 0. The van der Waals surface area contributed by atoms with Gasteiger partial charge in [0, 0.05) is 11.9 Å². The lowest BCUT2D eigenvalue weighted by Crippen LogP contribution is -2.30. The minimum absolute atomic E-state index is 0.255. The number of carbonyl (C=O) groups is 1. The summed E-state index contributed by atoms with van der Waals surface area (Å²) in [6, 6.07) is 13.3. The van der Waals surface area contributed by atoms with Crippen LogP contribution in [0.1, 0.15) is 43.6 Å². The Bertz CT molecular complexity index is 1440. The molecule has 0 bridgehead atoms. The number of nitrogens with zero attached hydrogens (tertiary/aromatic N) is 4. The average molecular weight is 475 g/mol. The fourth-order valence-electron chi connectivity index (χ4n) is 4.12. The van der Waals surface area contributed by atoms with Gasteiger partial charge in [-0.05, 0) is 70.0 Å². The molecule has 8 heteroatoms. The van der Waals surface area contributed by atoms with Crippen molar-refractivity contribution in [3.63, 3.8) is 0 Å². The predicted molar refractivity (Wildman–Crippen MR) is 134 cm³/mol. The molecule has 3 aromatic heterocycles. The molecular weight excluding hydrogens is 444 g/mol. The van der Waals surface area contributed by atoms with Crippen LogP contribution in [0, 0.1) is 20.8 Å². The minimum atomic E-state index is -0.768. The molecule has 4 rings (SSSR count). The Labute approximate surface area is 204 Å². The van der Waals surface area contributed by atoms with Crippen LogP contribution in [0.3, 0.4) is 0 Å². The number of aryl methyl sites for hydroxylation is 3. The Balaban J connectivity index is 1.78. The van der Waals surface area contributed by atoms with Crippen molar-refractivity contribution < 1.29 is 14.3 Å². The van der Waals surface area contributed by atoms with Crippen molar-refractivity contribution in [2.75, 3.05) is 6.61 Å². The van der Waals surface area contributed by atoms with Crippen molar-refractivity contribution >= 4 is 11.6 Å². The predicted octanol–water partition coefficient (Wildman–Crippen LogP) is 4.58. The molecule has 1 aromatic carbocycles. The second kappa shape index (κ2) is 10.1. The van der Waals surface area contributed by atoms with Crippen molar-refractivity contribution in [3.05, 3.63) is 76.0 Å². The van der Waals surface area contributed by atoms with E-state index < -0.39 is 12.1 Å². The van der Waals surface area contributed by atoms with Crippen LogP contribution in [0.25, 0.3) is 22.6 Å². The van der Waals surface area contributed by atoms with Crippen LogP contribution in [-0.2, 0) is 9.53 Å². The van der Waals surface area contributed by atoms with Crippen LogP contribution in [0.4, 0.5) is 0 Å². The molecule has 1 atom stereocenters. The van der Waals surface area contributed by atoms with Gasteiger partial charge >= 0.3 is 5.97 Å². The maximum atomic E-state index is 13.6. The van der Waals surface area contributed by atoms with E-state index in [2.05, 4.69) is 0 Å². The molecule has 0 saturated heterocycles. The number of aromatic nitrogens is 4. The van der Waals surface area contributed by atoms with E-state index in [9.17, 15) is 9.59 Å². The molecule has 0 aliphatic rings. The van der Waals surface area contributed by atoms with E-state index in [0.29, 0.717) is 34.8 Å².